The molecule has 1 aliphatic heterocycles. The summed E-state index contributed by atoms with van der Waals surface area (Å²) in [5.74, 6) is -2.54. The molecule has 6 heteroatoms. The van der Waals surface area contributed by atoms with Crippen molar-refractivity contribution in [3.8, 4) is 0 Å². The molecule has 0 bridgehead atoms. The molecule has 0 radical (unpaired) electrons. The number of nitrogens with zero attached hydrogens (tertiary/aromatic N) is 1. The predicted molar refractivity (Wildman–Crippen MR) is 86.5 cm³/mol. The van der Waals surface area contributed by atoms with Crippen LogP contribution >= 0.6 is 0 Å². The van der Waals surface area contributed by atoms with Gasteiger partial charge >= 0.3 is 0 Å². The van der Waals surface area contributed by atoms with Crippen LogP contribution in [-0.4, -0.2) is 30.0 Å². The maximum atomic E-state index is 13.7. The molecule has 132 valence electrons. The summed E-state index contributed by atoms with van der Waals surface area (Å²) in [4.78, 5) is 14.1. The van der Waals surface area contributed by atoms with Crippen LogP contribution in [0.4, 0.5) is 13.2 Å². The van der Waals surface area contributed by atoms with E-state index in [1.807, 2.05) is 0 Å². The van der Waals surface area contributed by atoms with Gasteiger partial charge < -0.3 is 9.64 Å². The predicted octanol–water partition coefficient (Wildman–Crippen LogP) is 3.93. The van der Waals surface area contributed by atoms with Crippen molar-refractivity contribution in [3.63, 3.8) is 0 Å². The lowest BCUT2D eigenvalue weighted by Gasteiger charge is -2.32. The molecule has 1 saturated heterocycles. The average Bonchev–Trinajstić information content (AvgIpc) is 2.62. The Morgan fingerprint density at radius 3 is 2.76 bits per heavy atom. The van der Waals surface area contributed by atoms with Gasteiger partial charge in [0.1, 0.15) is 5.82 Å². The molecule has 25 heavy (non-hydrogen) atoms. The van der Waals surface area contributed by atoms with Gasteiger partial charge in [0.25, 0.3) is 5.91 Å². The van der Waals surface area contributed by atoms with Crippen molar-refractivity contribution in [2.45, 2.75) is 25.6 Å². The second-order valence-corrected chi connectivity index (χ2v) is 6.05. The van der Waals surface area contributed by atoms with Crippen LogP contribution in [0.1, 0.15) is 28.8 Å². The lowest BCUT2D eigenvalue weighted by atomic mass is 10.1. The lowest BCUT2D eigenvalue weighted by molar-refractivity contribution is -0.00777. The molecule has 0 aliphatic carbocycles. The summed E-state index contributed by atoms with van der Waals surface area (Å²) >= 11 is 0. The molecule has 3 nitrogen and oxygen atoms in total. The first-order valence-electron chi connectivity index (χ1n) is 8.14. The van der Waals surface area contributed by atoms with E-state index in [2.05, 4.69) is 0 Å². The first-order chi connectivity index (χ1) is 12.0. The third-order valence-electron chi connectivity index (χ3n) is 4.24. The largest absolute Gasteiger partial charge is 0.372 e. The quantitative estimate of drug-likeness (QED) is 0.837. The standard InChI is InChI=1S/C19H18F3NO2/c20-15-6-1-4-13(10-15)19(24)23-9-3-7-16(11-23)25-12-14-5-2-8-17(21)18(14)22/h1-2,4-6,8,10,16H,3,7,9,11-12H2/t16-/m1/s1. The van der Waals surface area contributed by atoms with E-state index in [0.29, 0.717) is 13.1 Å². The monoisotopic (exact) mass is 349 g/mol. The van der Waals surface area contributed by atoms with Crippen LogP contribution in [0.5, 0.6) is 0 Å². The fraction of sp³-hybridized carbons (Fsp3) is 0.316. The zero-order valence-corrected chi connectivity index (χ0v) is 13.6. The molecule has 1 atom stereocenters. The maximum absolute atomic E-state index is 13.7. The number of carbonyl (C=O) groups is 1. The molecular weight excluding hydrogens is 331 g/mol. The van der Waals surface area contributed by atoms with Crippen molar-refractivity contribution in [1.29, 1.82) is 0 Å². The number of halogens is 3. The first kappa shape index (κ1) is 17.5. The summed E-state index contributed by atoms with van der Waals surface area (Å²) in [6.45, 7) is 0.839. The van der Waals surface area contributed by atoms with E-state index in [4.69, 9.17) is 4.74 Å². The second-order valence-electron chi connectivity index (χ2n) is 6.05. The van der Waals surface area contributed by atoms with Gasteiger partial charge in [-0.05, 0) is 37.1 Å². The van der Waals surface area contributed by atoms with Gasteiger partial charge in [-0.25, -0.2) is 13.2 Å². The fourth-order valence-corrected chi connectivity index (χ4v) is 2.93. The fourth-order valence-electron chi connectivity index (χ4n) is 2.93. The van der Waals surface area contributed by atoms with Gasteiger partial charge in [0.2, 0.25) is 0 Å². The SMILES string of the molecule is O=C(c1cccc(F)c1)N1CCC[C@@H](OCc2cccc(F)c2F)C1. The Morgan fingerprint density at radius 2 is 1.96 bits per heavy atom. The van der Waals surface area contributed by atoms with Crippen molar-refractivity contribution >= 4 is 5.91 Å². The summed E-state index contributed by atoms with van der Waals surface area (Å²) < 4.78 is 45.8. The molecule has 3 rings (SSSR count). The number of hydrogen-bond donors (Lipinski definition) is 0. The average molecular weight is 349 g/mol. The molecule has 1 amide bonds. The highest BCUT2D eigenvalue weighted by Crippen LogP contribution is 2.19. The molecular formula is C19H18F3NO2. The molecule has 1 fully saturated rings. The Balaban J connectivity index is 1.61. The van der Waals surface area contributed by atoms with Gasteiger partial charge in [-0.3, -0.25) is 4.79 Å². The summed E-state index contributed by atoms with van der Waals surface area (Å²) in [5.41, 5.74) is 0.436. The molecule has 0 unspecified atom stereocenters. The van der Waals surface area contributed by atoms with Gasteiger partial charge in [-0.2, -0.15) is 0 Å². The normalized spacial score (nSPS) is 17.6. The minimum absolute atomic E-state index is 0.0593. The smallest absolute Gasteiger partial charge is 0.254 e. The Hall–Kier alpha value is -2.34. The van der Waals surface area contributed by atoms with Crippen molar-refractivity contribution in [2.75, 3.05) is 13.1 Å². The van der Waals surface area contributed by atoms with Crippen molar-refractivity contribution < 1.29 is 22.7 Å². The minimum Gasteiger partial charge on any atom is -0.372 e. The molecule has 1 heterocycles. The summed E-state index contributed by atoms with van der Waals surface area (Å²) in [6, 6.07) is 9.50. The van der Waals surface area contributed by atoms with Crippen LogP contribution in [0.15, 0.2) is 42.5 Å². The van der Waals surface area contributed by atoms with Gasteiger partial charge in [0.05, 0.1) is 12.7 Å². The Bertz CT molecular complexity index is 766. The number of piperidine rings is 1. The molecule has 0 N–H and O–H groups in total. The minimum atomic E-state index is -0.911. The van der Waals surface area contributed by atoms with Crippen LogP contribution in [0.25, 0.3) is 0 Å². The number of amides is 1. The number of benzene rings is 2. The lowest BCUT2D eigenvalue weighted by Crippen LogP contribution is -2.43. The highest BCUT2D eigenvalue weighted by Gasteiger charge is 2.25. The molecule has 0 saturated carbocycles. The molecule has 2 aromatic carbocycles. The Labute approximate surface area is 144 Å². The van der Waals surface area contributed by atoms with Crippen LogP contribution < -0.4 is 0 Å². The van der Waals surface area contributed by atoms with Crippen molar-refractivity contribution in [2.24, 2.45) is 0 Å². The van der Waals surface area contributed by atoms with Crippen LogP contribution in [0.2, 0.25) is 0 Å². The van der Waals surface area contributed by atoms with Gasteiger partial charge in [-0.1, -0.05) is 18.2 Å². The highest BCUT2D eigenvalue weighted by atomic mass is 19.2. The molecule has 0 aromatic heterocycles. The van der Waals surface area contributed by atoms with Crippen LogP contribution in [0, 0.1) is 17.5 Å². The third-order valence-corrected chi connectivity index (χ3v) is 4.24. The van der Waals surface area contributed by atoms with Crippen LogP contribution in [0.3, 0.4) is 0 Å². The van der Waals surface area contributed by atoms with E-state index in [0.717, 1.165) is 18.9 Å². The summed E-state index contributed by atoms with van der Waals surface area (Å²) in [6.07, 6.45) is 1.19. The van der Waals surface area contributed by atoms with E-state index in [9.17, 15) is 18.0 Å². The number of rotatable bonds is 4. The van der Waals surface area contributed by atoms with E-state index >= 15 is 0 Å². The van der Waals surface area contributed by atoms with E-state index < -0.39 is 17.5 Å². The summed E-state index contributed by atoms with van der Waals surface area (Å²) in [5, 5.41) is 0. The van der Waals surface area contributed by atoms with E-state index in [-0.39, 0.29) is 29.7 Å². The van der Waals surface area contributed by atoms with Crippen molar-refractivity contribution in [1.82, 2.24) is 4.90 Å². The zero-order valence-electron chi connectivity index (χ0n) is 13.6. The van der Waals surface area contributed by atoms with E-state index in [1.54, 1.807) is 11.0 Å². The van der Waals surface area contributed by atoms with Crippen LogP contribution in [-0.2, 0) is 11.3 Å². The number of carbonyl (C=O) groups excluding carboxylic acids is 1. The summed E-state index contributed by atoms with van der Waals surface area (Å²) in [7, 11) is 0. The topological polar surface area (TPSA) is 29.5 Å². The molecule has 2 aromatic rings. The first-order valence-corrected chi connectivity index (χ1v) is 8.14. The van der Waals surface area contributed by atoms with E-state index in [1.165, 1.54) is 30.3 Å². The third kappa shape index (κ3) is 4.20. The Kier molecular flexibility index (Phi) is 5.38. The molecule has 0 spiro atoms. The second kappa shape index (κ2) is 7.70. The van der Waals surface area contributed by atoms with Crippen molar-refractivity contribution in [3.05, 3.63) is 71.0 Å². The van der Waals surface area contributed by atoms with Gasteiger partial charge in [0, 0.05) is 24.2 Å². The molecule has 1 aliphatic rings. The van der Waals surface area contributed by atoms with Gasteiger partial charge in [-0.15, -0.1) is 0 Å². The number of likely N-dealkylation sites (tertiary alicyclic amines) is 1. The number of ether oxygens (including phenoxy) is 1. The van der Waals surface area contributed by atoms with Gasteiger partial charge in [0.15, 0.2) is 11.6 Å². The maximum Gasteiger partial charge on any atom is 0.254 e. The number of hydrogen-bond acceptors (Lipinski definition) is 2. The Morgan fingerprint density at radius 1 is 1.16 bits per heavy atom. The zero-order chi connectivity index (χ0) is 17.8. The highest BCUT2D eigenvalue weighted by molar-refractivity contribution is 5.94.